The molecular formula is C21H43KO4S. The van der Waals surface area contributed by atoms with Crippen molar-refractivity contribution >= 4 is 10.1 Å². The second kappa shape index (κ2) is 20.8. The zero-order valence-electron chi connectivity index (χ0n) is 18.3. The number of hydrogen-bond donors (Lipinski definition) is 1. The number of aliphatic hydroxyl groups is 1. The summed E-state index contributed by atoms with van der Waals surface area (Å²) in [5.41, 5.74) is 0. The summed E-state index contributed by atoms with van der Waals surface area (Å²) in [6, 6.07) is 0. The minimum atomic E-state index is -4.16. The van der Waals surface area contributed by atoms with E-state index < -0.39 is 15.4 Å². The summed E-state index contributed by atoms with van der Waals surface area (Å²) in [6.45, 7) is 4.03. The van der Waals surface area contributed by atoms with Gasteiger partial charge in [0.1, 0.15) is 0 Å². The molecule has 0 aliphatic heterocycles. The van der Waals surface area contributed by atoms with Gasteiger partial charge in [-0.1, -0.05) is 96.8 Å². The van der Waals surface area contributed by atoms with Crippen molar-refractivity contribution in [2.75, 3.05) is 0 Å². The van der Waals surface area contributed by atoms with Crippen LogP contribution in [0.2, 0.25) is 0 Å². The van der Waals surface area contributed by atoms with Crippen LogP contribution in [-0.4, -0.2) is 29.4 Å². The molecule has 0 aromatic heterocycles. The van der Waals surface area contributed by atoms with Gasteiger partial charge >= 0.3 is 51.4 Å². The van der Waals surface area contributed by atoms with Crippen LogP contribution < -0.4 is 51.4 Å². The maximum Gasteiger partial charge on any atom is 1.00 e. The standard InChI is InChI=1S/C21H44O4S.K/c1-3-4-5-6-7-8-12-15-18-21(26(23,24)25)19-16-13-10-9-11-14-17-20(2)22;/h20-22H,3-19H2,1-2H3,(H,23,24,25);/q;+1/p-1. The molecule has 158 valence electrons. The summed E-state index contributed by atoms with van der Waals surface area (Å²) in [4.78, 5) is 0. The van der Waals surface area contributed by atoms with E-state index in [1.807, 2.05) is 6.92 Å². The Morgan fingerprint density at radius 2 is 1.04 bits per heavy atom. The van der Waals surface area contributed by atoms with Crippen molar-refractivity contribution in [1.82, 2.24) is 0 Å². The molecule has 0 saturated heterocycles. The number of unbranched alkanes of at least 4 members (excludes halogenated alkanes) is 12. The van der Waals surface area contributed by atoms with Gasteiger partial charge in [-0.3, -0.25) is 0 Å². The first kappa shape index (κ1) is 30.7. The smallest absolute Gasteiger partial charge is 0.748 e. The Kier molecular flexibility index (Phi) is 23.6. The Hall–Kier alpha value is 1.51. The third-order valence-electron chi connectivity index (χ3n) is 5.19. The molecule has 6 heteroatoms. The maximum atomic E-state index is 11.5. The SMILES string of the molecule is CCCCCCCCCCC(CCCCCCCCC(C)O)S(=O)(=O)[O-].[K+]. The van der Waals surface area contributed by atoms with Gasteiger partial charge in [-0.25, -0.2) is 8.42 Å². The molecule has 0 aliphatic rings. The topological polar surface area (TPSA) is 77.4 Å². The van der Waals surface area contributed by atoms with E-state index in [1.54, 1.807) is 0 Å². The predicted molar refractivity (Wildman–Crippen MR) is 109 cm³/mol. The first-order chi connectivity index (χ1) is 12.4. The molecule has 0 amide bonds. The molecule has 0 heterocycles. The van der Waals surface area contributed by atoms with Crippen LogP contribution in [0, 0.1) is 0 Å². The van der Waals surface area contributed by atoms with Gasteiger partial charge in [0.05, 0.1) is 16.2 Å². The molecule has 2 unspecified atom stereocenters. The summed E-state index contributed by atoms with van der Waals surface area (Å²) in [5, 5.41) is 8.51. The van der Waals surface area contributed by atoms with E-state index in [-0.39, 0.29) is 57.5 Å². The molecule has 0 bridgehead atoms. The van der Waals surface area contributed by atoms with Crippen LogP contribution in [0.1, 0.15) is 123 Å². The summed E-state index contributed by atoms with van der Waals surface area (Å²) < 4.78 is 34.4. The number of rotatable bonds is 19. The Labute approximate surface area is 211 Å². The molecule has 4 nitrogen and oxygen atoms in total. The fraction of sp³-hybridized carbons (Fsp3) is 1.00. The molecule has 1 N–H and O–H groups in total. The minimum absolute atomic E-state index is 0. The van der Waals surface area contributed by atoms with Gasteiger partial charge in [0, 0.05) is 5.25 Å². The molecule has 0 aromatic carbocycles. The van der Waals surface area contributed by atoms with E-state index in [1.165, 1.54) is 32.1 Å². The van der Waals surface area contributed by atoms with Crippen molar-refractivity contribution in [3.63, 3.8) is 0 Å². The Balaban J connectivity index is 0. The number of aliphatic hydroxyl groups excluding tert-OH is 1. The molecule has 0 saturated carbocycles. The van der Waals surface area contributed by atoms with Crippen LogP contribution in [0.3, 0.4) is 0 Å². The summed E-state index contributed by atoms with van der Waals surface area (Å²) in [5.74, 6) is 0. The van der Waals surface area contributed by atoms with Crippen molar-refractivity contribution in [2.45, 2.75) is 134 Å². The van der Waals surface area contributed by atoms with Gasteiger partial charge in [-0.15, -0.1) is 0 Å². The Morgan fingerprint density at radius 3 is 1.37 bits per heavy atom. The third-order valence-corrected chi connectivity index (χ3v) is 6.47. The normalized spacial score (nSPS) is 13.9. The molecule has 2 atom stereocenters. The third kappa shape index (κ3) is 22.0. The molecule has 0 radical (unpaired) electrons. The van der Waals surface area contributed by atoms with E-state index in [9.17, 15) is 18.1 Å². The zero-order chi connectivity index (χ0) is 19.7. The van der Waals surface area contributed by atoms with Crippen LogP contribution in [0.15, 0.2) is 0 Å². The molecule has 0 aliphatic carbocycles. The summed E-state index contributed by atoms with van der Waals surface area (Å²) in [7, 11) is -4.16. The molecule has 0 fully saturated rings. The van der Waals surface area contributed by atoms with Gasteiger partial charge in [-0.05, 0) is 26.2 Å². The second-order valence-corrected chi connectivity index (χ2v) is 9.58. The van der Waals surface area contributed by atoms with E-state index in [0.29, 0.717) is 12.8 Å². The molecule has 0 rings (SSSR count). The van der Waals surface area contributed by atoms with E-state index >= 15 is 0 Å². The van der Waals surface area contributed by atoms with Gasteiger partial charge in [0.2, 0.25) is 0 Å². The van der Waals surface area contributed by atoms with Crippen molar-refractivity contribution in [3.05, 3.63) is 0 Å². The average molecular weight is 431 g/mol. The fourth-order valence-electron chi connectivity index (χ4n) is 3.46. The van der Waals surface area contributed by atoms with E-state index in [0.717, 1.165) is 64.2 Å². The summed E-state index contributed by atoms with van der Waals surface area (Å²) >= 11 is 0. The van der Waals surface area contributed by atoms with Gasteiger partial charge in [-0.2, -0.15) is 0 Å². The molecule has 0 spiro atoms. The first-order valence-corrected chi connectivity index (χ1v) is 12.5. The predicted octanol–water partition coefficient (Wildman–Crippen LogP) is 2.94. The van der Waals surface area contributed by atoms with Crippen molar-refractivity contribution in [3.8, 4) is 0 Å². The largest absolute Gasteiger partial charge is 1.00 e. The fourth-order valence-corrected chi connectivity index (χ4v) is 4.37. The minimum Gasteiger partial charge on any atom is -0.748 e. The Morgan fingerprint density at radius 1 is 0.704 bits per heavy atom. The number of hydrogen-bond acceptors (Lipinski definition) is 4. The van der Waals surface area contributed by atoms with Crippen molar-refractivity contribution in [1.29, 1.82) is 0 Å². The zero-order valence-corrected chi connectivity index (χ0v) is 22.2. The Bertz CT molecular complexity index is 399. The van der Waals surface area contributed by atoms with Crippen molar-refractivity contribution in [2.24, 2.45) is 0 Å². The van der Waals surface area contributed by atoms with Gasteiger partial charge in [0.15, 0.2) is 0 Å². The van der Waals surface area contributed by atoms with Crippen LogP contribution in [0.4, 0.5) is 0 Å². The van der Waals surface area contributed by atoms with Crippen LogP contribution in [0.25, 0.3) is 0 Å². The van der Waals surface area contributed by atoms with Crippen molar-refractivity contribution < 1.29 is 69.5 Å². The van der Waals surface area contributed by atoms with E-state index in [4.69, 9.17) is 0 Å². The van der Waals surface area contributed by atoms with Crippen LogP contribution in [-0.2, 0) is 10.1 Å². The summed E-state index contributed by atoms with van der Waals surface area (Å²) in [6.07, 6.45) is 17.3. The molecule has 0 aromatic rings. The van der Waals surface area contributed by atoms with Crippen LogP contribution in [0.5, 0.6) is 0 Å². The van der Waals surface area contributed by atoms with Gasteiger partial charge < -0.3 is 9.66 Å². The van der Waals surface area contributed by atoms with Crippen LogP contribution >= 0.6 is 0 Å². The monoisotopic (exact) mass is 430 g/mol. The maximum absolute atomic E-state index is 11.5. The molecular weight excluding hydrogens is 387 g/mol. The second-order valence-electron chi connectivity index (χ2n) is 7.93. The molecule has 27 heavy (non-hydrogen) atoms. The average Bonchev–Trinajstić information content (AvgIpc) is 2.56. The quantitative estimate of drug-likeness (QED) is 0.194. The van der Waals surface area contributed by atoms with E-state index in [2.05, 4.69) is 6.92 Å². The first-order valence-electron chi connectivity index (χ1n) is 11.0. The van der Waals surface area contributed by atoms with Gasteiger partial charge in [0.25, 0.3) is 0 Å².